The van der Waals surface area contributed by atoms with Gasteiger partial charge in [0.05, 0.1) is 0 Å². The molecule has 44 heavy (non-hydrogen) atoms. The van der Waals surface area contributed by atoms with Crippen molar-refractivity contribution in [3.63, 3.8) is 0 Å². The van der Waals surface area contributed by atoms with Crippen molar-refractivity contribution in [1.29, 1.82) is 0 Å². The molecule has 0 saturated carbocycles. The van der Waals surface area contributed by atoms with Crippen LogP contribution in [0.25, 0.3) is 0 Å². The largest absolute Gasteiger partial charge is 0.481 e. The molecule has 0 aliphatic carbocycles. The van der Waals surface area contributed by atoms with E-state index >= 15 is 0 Å². The van der Waals surface area contributed by atoms with Crippen molar-refractivity contribution >= 4 is 17.9 Å². The van der Waals surface area contributed by atoms with Crippen molar-refractivity contribution in [2.75, 3.05) is 0 Å². The topological polar surface area (TPSA) is 112 Å². The molecule has 0 aliphatic heterocycles. The normalized spacial score (nSPS) is 10.6. The molecule has 0 atom stereocenters. The zero-order chi connectivity index (χ0) is 33.4. The first-order chi connectivity index (χ1) is 21.3. The number of allylic oxidation sites excluding steroid dienone is 2. The summed E-state index contributed by atoms with van der Waals surface area (Å²) >= 11 is 0. The Kier molecular flexibility index (Phi) is 45.8. The maximum absolute atomic E-state index is 10.3. The Labute approximate surface area is 272 Å². The molecule has 0 aromatic carbocycles. The van der Waals surface area contributed by atoms with Crippen LogP contribution in [0.5, 0.6) is 0 Å². The molecule has 262 valence electrons. The van der Waals surface area contributed by atoms with Gasteiger partial charge < -0.3 is 15.3 Å². The maximum Gasteiger partial charge on any atom is 0.303 e. The molecule has 0 spiro atoms. The highest BCUT2D eigenvalue weighted by molar-refractivity contribution is 5.67. The van der Waals surface area contributed by atoms with E-state index in [9.17, 15) is 14.4 Å². The van der Waals surface area contributed by atoms with Crippen molar-refractivity contribution < 1.29 is 29.7 Å². The number of carbonyl (C=O) groups is 3. The lowest BCUT2D eigenvalue weighted by Crippen LogP contribution is -1.93. The highest BCUT2D eigenvalue weighted by Gasteiger charge is 1.97. The summed E-state index contributed by atoms with van der Waals surface area (Å²) in [6, 6.07) is 0. The van der Waals surface area contributed by atoms with E-state index in [1.165, 1.54) is 135 Å². The van der Waals surface area contributed by atoms with Gasteiger partial charge in [0.2, 0.25) is 0 Å². The molecule has 0 radical (unpaired) electrons. The van der Waals surface area contributed by atoms with Gasteiger partial charge in [-0.2, -0.15) is 0 Å². The minimum atomic E-state index is -0.666. The molecule has 0 aliphatic rings. The molecule has 6 nitrogen and oxygen atoms in total. The summed E-state index contributed by atoms with van der Waals surface area (Å²) in [4.78, 5) is 30.6. The first-order valence-corrected chi connectivity index (χ1v) is 18.6. The van der Waals surface area contributed by atoms with Crippen LogP contribution < -0.4 is 0 Å². The van der Waals surface area contributed by atoms with Crippen LogP contribution in [-0.4, -0.2) is 33.2 Å². The Morgan fingerprint density at radius 1 is 0.341 bits per heavy atom. The van der Waals surface area contributed by atoms with Gasteiger partial charge in [-0.3, -0.25) is 14.4 Å². The first-order valence-electron chi connectivity index (χ1n) is 18.6. The fourth-order valence-corrected chi connectivity index (χ4v) is 4.81. The van der Waals surface area contributed by atoms with E-state index in [1.807, 2.05) is 0 Å². The quantitative estimate of drug-likeness (QED) is 0.0521. The van der Waals surface area contributed by atoms with Gasteiger partial charge in [0.15, 0.2) is 0 Å². The van der Waals surface area contributed by atoms with Gasteiger partial charge in [0.25, 0.3) is 0 Å². The zero-order valence-corrected chi connectivity index (χ0v) is 29.4. The molecule has 0 amide bonds. The van der Waals surface area contributed by atoms with Gasteiger partial charge in [-0.15, -0.1) is 0 Å². The number of aliphatic carboxylic acids is 3. The molecule has 0 unspecified atom stereocenters. The lowest BCUT2D eigenvalue weighted by molar-refractivity contribution is -0.138. The Balaban J connectivity index is -0.000000608. The SMILES string of the molecule is CCCCCCCC/C=C\CCCCCCCC(=O)O.CCCCCCCCC(=O)O.CCCCCCCCCCC(=O)O. The Bertz CT molecular complexity index is 616. The molecule has 0 heterocycles. The number of hydrogen-bond acceptors (Lipinski definition) is 3. The van der Waals surface area contributed by atoms with E-state index in [0.29, 0.717) is 19.3 Å². The minimum Gasteiger partial charge on any atom is -0.481 e. The maximum atomic E-state index is 10.3. The minimum absolute atomic E-state index is 0.332. The Hall–Kier alpha value is -1.85. The summed E-state index contributed by atoms with van der Waals surface area (Å²) in [5, 5.41) is 25.2. The smallest absolute Gasteiger partial charge is 0.303 e. The van der Waals surface area contributed by atoms with E-state index in [2.05, 4.69) is 32.9 Å². The van der Waals surface area contributed by atoms with E-state index in [0.717, 1.165) is 38.5 Å². The Morgan fingerprint density at radius 3 is 0.773 bits per heavy atom. The fraction of sp³-hybridized carbons (Fsp3) is 0.868. The molecule has 0 saturated heterocycles. The number of carboxylic acid groups (broad SMARTS) is 3. The monoisotopic (exact) mass is 627 g/mol. The first kappa shape index (κ1) is 46.6. The van der Waals surface area contributed by atoms with Gasteiger partial charge in [-0.05, 0) is 44.9 Å². The molecule has 0 rings (SSSR count). The average molecular weight is 627 g/mol. The zero-order valence-electron chi connectivity index (χ0n) is 29.4. The second-order valence-corrected chi connectivity index (χ2v) is 12.3. The van der Waals surface area contributed by atoms with Crippen LogP contribution in [-0.2, 0) is 14.4 Å². The van der Waals surface area contributed by atoms with Crippen LogP contribution in [0.3, 0.4) is 0 Å². The summed E-state index contributed by atoms with van der Waals surface area (Å²) in [6.45, 7) is 6.65. The van der Waals surface area contributed by atoms with Crippen LogP contribution in [0, 0.1) is 0 Å². The molecule has 0 aromatic heterocycles. The third-order valence-electron chi connectivity index (χ3n) is 7.64. The van der Waals surface area contributed by atoms with Crippen molar-refractivity contribution in [3.05, 3.63) is 12.2 Å². The number of unbranched alkanes of at least 4 members (excludes halogenated alkanes) is 23. The van der Waals surface area contributed by atoms with Gasteiger partial charge >= 0.3 is 17.9 Å². The summed E-state index contributed by atoms with van der Waals surface area (Å²) in [5.41, 5.74) is 0. The van der Waals surface area contributed by atoms with Crippen molar-refractivity contribution in [2.45, 2.75) is 213 Å². The van der Waals surface area contributed by atoms with Gasteiger partial charge in [-0.1, -0.05) is 161 Å². The van der Waals surface area contributed by atoms with Crippen LogP contribution in [0.2, 0.25) is 0 Å². The molecule has 0 bridgehead atoms. The molecular weight excluding hydrogens is 552 g/mol. The van der Waals surface area contributed by atoms with Gasteiger partial charge in [0.1, 0.15) is 0 Å². The lowest BCUT2D eigenvalue weighted by atomic mass is 10.1. The number of rotatable bonds is 31. The number of hydrogen-bond donors (Lipinski definition) is 3. The molecule has 0 aromatic rings. The number of carboxylic acids is 3. The van der Waals surface area contributed by atoms with E-state index in [1.54, 1.807) is 0 Å². The third kappa shape index (κ3) is 56.0. The highest BCUT2D eigenvalue weighted by atomic mass is 16.4. The predicted octanol–water partition coefficient (Wildman–Crippen LogP) is 12.5. The van der Waals surface area contributed by atoms with E-state index < -0.39 is 17.9 Å². The van der Waals surface area contributed by atoms with Crippen LogP contribution in [0.15, 0.2) is 12.2 Å². The van der Waals surface area contributed by atoms with E-state index in [-0.39, 0.29) is 0 Å². The van der Waals surface area contributed by atoms with Gasteiger partial charge in [-0.25, -0.2) is 0 Å². The van der Waals surface area contributed by atoms with Crippen LogP contribution in [0.4, 0.5) is 0 Å². The standard InChI is InChI=1S/C18H34O2.C11H22O2.C9H18O2/c1-2-3-4-5-6-7-8-9-10-11-12-13-14-15-16-17-18(19)20;1-2-3-4-5-6-7-8-9-10-11(12)13;1-2-3-4-5-6-7-8-9(10)11/h9-10H,2-8,11-17H2,1H3,(H,19,20);2-10H2,1H3,(H,12,13);2-8H2,1H3,(H,10,11)/b10-9-;;. The summed E-state index contributed by atoms with van der Waals surface area (Å²) in [7, 11) is 0. The summed E-state index contributed by atoms with van der Waals surface area (Å²) in [6.07, 6.45) is 38.5. The average Bonchev–Trinajstić information content (AvgIpc) is 2.98. The molecule has 6 heteroatoms. The molecule has 0 fully saturated rings. The molecular formula is C38H74O6. The third-order valence-corrected chi connectivity index (χ3v) is 7.64. The second kappa shape index (κ2) is 43.3. The van der Waals surface area contributed by atoms with Gasteiger partial charge in [0, 0.05) is 19.3 Å². The fourth-order valence-electron chi connectivity index (χ4n) is 4.81. The lowest BCUT2D eigenvalue weighted by Gasteiger charge is -1.99. The van der Waals surface area contributed by atoms with Crippen LogP contribution >= 0.6 is 0 Å². The van der Waals surface area contributed by atoms with Crippen molar-refractivity contribution in [1.82, 2.24) is 0 Å². The summed E-state index contributed by atoms with van der Waals surface area (Å²) < 4.78 is 0. The Morgan fingerprint density at radius 2 is 0.545 bits per heavy atom. The van der Waals surface area contributed by atoms with Crippen LogP contribution in [0.1, 0.15) is 213 Å². The highest BCUT2D eigenvalue weighted by Crippen LogP contribution is 2.11. The second-order valence-electron chi connectivity index (χ2n) is 12.3. The van der Waals surface area contributed by atoms with E-state index in [4.69, 9.17) is 15.3 Å². The van der Waals surface area contributed by atoms with Crippen molar-refractivity contribution in [2.24, 2.45) is 0 Å². The summed E-state index contributed by atoms with van der Waals surface area (Å²) in [5.74, 6) is -1.99. The molecule has 3 N–H and O–H groups in total. The van der Waals surface area contributed by atoms with Crippen molar-refractivity contribution in [3.8, 4) is 0 Å². The predicted molar refractivity (Wildman–Crippen MR) is 188 cm³/mol.